The third-order valence-electron chi connectivity index (χ3n) is 4.03. The first-order valence-corrected chi connectivity index (χ1v) is 7.55. The van der Waals surface area contributed by atoms with Gasteiger partial charge in [0.1, 0.15) is 17.1 Å². The van der Waals surface area contributed by atoms with Crippen LogP contribution in [0.1, 0.15) is 18.1 Å². The molecule has 1 N–H and O–H groups in total. The standard InChI is InChI=1S/C18H16FN3O3/c1-18(13-5-9-15(25-2)10-6-13)16(23)22(17(24)21-18)20-11-12-3-7-14(19)8-4-12/h3-11H,1-2H3,(H,21,24)/b20-11-/t18-/m0/s1. The summed E-state index contributed by atoms with van der Waals surface area (Å²) in [6.07, 6.45) is 1.33. The molecule has 1 fully saturated rings. The maximum absolute atomic E-state index is 12.9. The zero-order chi connectivity index (χ0) is 18.0. The van der Waals surface area contributed by atoms with Crippen molar-refractivity contribution in [3.8, 4) is 5.75 Å². The summed E-state index contributed by atoms with van der Waals surface area (Å²) in [5, 5.41) is 7.36. The largest absolute Gasteiger partial charge is 0.497 e. The molecular weight excluding hydrogens is 325 g/mol. The number of nitrogens with zero attached hydrogens (tertiary/aromatic N) is 2. The molecule has 3 rings (SSSR count). The molecule has 6 nitrogen and oxygen atoms in total. The monoisotopic (exact) mass is 341 g/mol. The molecule has 2 aromatic rings. The number of hydrogen-bond acceptors (Lipinski definition) is 4. The van der Waals surface area contributed by atoms with Crippen molar-refractivity contribution in [2.24, 2.45) is 5.10 Å². The molecule has 25 heavy (non-hydrogen) atoms. The minimum Gasteiger partial charge on any atom is -0.497 e. The Hall–Kier alpha value is -3.22. The van der Waals surface area contributed by atoms with Gasteiger partial charge in [-0.3, -0.25) is 4.79 Å². The highest BCUT2D eigenvalue weighted by atomic mass is 19.1. The van der Waals surface area contributed by atoms with Gasteiger partial charge in [0.25, 0.3) is 5.91 Å². The summed E-state index contributed by atoms with van der Waals surface area (Å²) in [4.78, 5) is 24.9. The van der Waals surface area contributed by atoms with E-state index >= 15 is 0 Å². The second kappa shape index (κ2) is 6.35. The van der Waals surface area contributed by atoms with E-state index in [1.165, 1.54) is 30.5 Å². The Labute approximate surface area is 143 Å². The van der Waals surface area contributed by atoms with Gasteiger partial charge in [-0.05, 0) is 42.3 Å². The average Bonchev–Trinajstić information content (AvgIpc) is 2.84. The van der Waals surface area contributed by atoms with Gasteiger partial charge in [-0.15, -0.1) is 5.01 Å². The van der Waals surface area contributed by atoms with Gasteiger partial charge in [-0.1, -0.05) is 24.3 Å². The molecule has 2 aromatic carbocycles. The predicted octanol–water partition coefficient (Wildman–Crippen LogP) is 2.64. The van der Waals surface area contributed by atoms with Crippen LogP contribution in [0.25, 0.3) is 0 Å². The number of hydrogen-bond donors (Lipinski definition) is 1. The molecule has 3 amide bonds. The predicted molar refractivity (Wildman–Crippen MR) is 89.7 cm³/mol. The van der Waals surface area contributed by atoms with Gasteiger partial charge in [0.2, 0.25) is 0 Å². The Kier molecular flexibility index (Phi) is 4.22. The molecule has 0 aliphatic carbocycles. The summed E-state index contributed by atoms with van der Waals surface area (Å²) in [5.74, 6) is -0.226. The maximum atomic E-state index is 12.9. The van der Waals surface area contributed by atoms with Gasteiger partial charge in [0.05, 0.1) is 13.3 Å². The Morgan fingerprint density at radius 2 is 1.76 bits per heavy atom. The van der Waals surface area contributed by atoms with Crippen LogP contribution in [0.15, 0.2) is 53.6 Å². The summed E-state index contributed by atoms with van der Waals surface area (Å²) >= 11 is 0. The number of ether oxygens (including phenoxy) is 1. The van der Waals surface area contributed by atoms with Crippen molar-refractivity contribution in [3.05, 3.63) is 65.5 Å². The molecule has 128 valence electrons. The van der Waals surface area contributed by atoms with Crippen LogP contribution in [0.5, 0.6) is 5.75 Å². The number of carbonyl (C=O) groups is 2. The first-order chi connectivity index (χ1) is 11.9. The number of nitrogens with one attached hydrogen (secondary N) is 1. The number of hydrazone groups is 1. The number of imide groups is 1. The van der Waals surface area contributed by atoms with Crippen LogP contribution in [0.4, 0.5) is 9.18 Å². The first kappa shape index (κ1) is 16.6. The average molecular weight is 341 g/mol. The van der Waals surface area contributed by atoms with Crippen LogP contribution in [-0.4, -0.2) is 30.3 Å². The van der Waals surface area contributed by atoms with E-state index in [0.717, 1.165) is 5.01 Å². The Bertz CT molecular complexity index is 834. The molecule has 0 aromatic heterocycles. The SMILES string of the molecule is COc1ccc([C@]2(C)NC(=O)N(/N=C\c3ccc(F)cc3)C2=O)cc1. The van der Waals surface area contributed by atoms with Crippen molar-refractivity contribution in [2.75, 3.05) is 7.11 Å². The van der Waals surface area contributed by atoms with E-state index in [4.69, 9.17) is 4.74 Å². The lowest BCUT2D eigenvalue weighted by Crippen LogP contribution is -2.40. The molecule has 1 saturated heterocycles. The highest BCUT2D eigenvalue weighted by molar-refractivity contribution is 6.07. The number of urea groups is 1. The minimum absolute atomic E-state index is 0.376. The number of carbonyl (C=O) groups excluding carboxylic acids is 2. The molecule has 1 aliphatic rings. The topological polar surface area (TPSA) is 71.0 Å². The second-order valence-corrected chi connectivity index (χ2v) is 5.70. The zero-order valence-electron chi connectivity index (χ0n) is 13.7. The van der Waals surface area contributed by atoms with Crippen molar-refractivity contribution in [3.63, 3.8) is 0 Å². The fourth-order valence-corrected chi connectivity index (χ4v) is 2.52. The third kappa shape index (κ3) is 3.08. The molecule has 0 bridgehead atoms. The molecular formula is C18H16FN3O3. The summed E-state index contributed by atoms with van der Waals surface area (Å²) in [6, 6.07) is 11.8. The van der Waals surface area contributed by atoms with Crippen LogP contribution in [0.3, 0.4) is 0 Å². The summed E-state index contributed by atoms with van der Waals surface area (Å²) in [6.45, 7) is 1.61. The third-order valence-corrected chi connectivity index (χ3v) is 4.03. The van der Waals surface area contributed by atoms with Crippen molar-refractivity contribution in [1.82, 2.24) is 10.3 Å². The molecule has 7 heteroatoms. The van der Waals surface area contributed by atoms with E-state index in [-0.39, 0.29) is 5.82 Å². The highest BCUT2D eigenvalue weighted by Crippen LogP contribution is 2.30. The summed E-state index contributed by atoms with van der Waals surface area (Å²) < 4.78 is 18.0. The molecule has 1 atom stereocenters. The van der Waals surface area contributed by atoms with Crippen molar-refractivity contribution >= 4 is 18.2 Å². The first-order valence-electron chi connectivity index (χ1n) is 7.55. The number of benzene rings is 2. The van der Waals surface area contributed by atoms with Crippen molar-refractivity contribution < 1.29 is 18.7 Å². The molecule has 1 aliphatic heterocycles. The lowest BCUT2D eigenvalue weighted by atomic mass is 9.92. The van der Waals surface area contributed by atoms with Gasteiger partial charge in [-0.2, -0.15) is 5.10 Å². The second-order valence-electron chi connectivity index (χ2n) is 5.70. The van der Waals surface area contributed by atoms with E-state index in [1.54, 1.807) is 38.3 Å². The minimum atomic E-state index is -1.22. The number of rotatable bonds is 4. The number of halogens is 1. The highest BCUT2D eigenvalue weighted by Gasteiger charge is 2.49. The van der Waals surface area contributed by atoms with Gasteiger partial charge < -0.3 is 10.1 Å². The number of amides is 3. The van der Waals surface area contributed by atoms with Gasteiger partial charge in [0, 0.05) is 0 Å². The van der Waals surface area contributed by atoms with E-state index in [9.17, 15) is 14.0 Å². The fourth-order valence-electron chi connectivity index (χ4n) is 2.52. The maximum Gasteiger partial charge on any atom is 0.346 e. The van der Waals surface area contributed by atoms with Gasteiger partial charge in [0.15, 0.2) is 0 Å². The smallest absolute Gasteiger partial charge is 0.346 e. The van der Waals surface area contributed by atoms with Gasteiger partial charge in [-0.25, -0.2) is 9.18 Å². The lowest BCUT2D eigenvalue weighted by Gasteiger charge is -2.21. The molecule has 0 spiro atoms. The summed E-state index contributed by atoms with van der Waals surface area (Å²) in [5.41, 5.74) is -0.0325. The van der Waals surface area contributed by atoms with Crippen LogP contribution in [0, 0.1) is 5.82 Å². The lowest BCUT2D eigenvalue weighted by molar-refractivity contribution is -0.131. The normalized spacial score (nSPS) is 20.2. The van der Waals surface area contributed by atoms with E-state index in [2.05, 4.69) is 10.4 Å². The van der Waals surface area contributed by atoms with E-state index in [0.29, 0.717) is 16.9 Å². The van der Waals surface area contributed by atoms with Crippen molar-refractivity contribution in [1.29, 1.82) is 0 Å². The van der Waals surface area contributed by atoms with Crippen molar-refractivity contribution in [2.45, 2.75) is 12.5 Å². The summed E-state index contributed by atoms with van der Waals surface area (Å²) in [7, 11) is 1.55. The van der Waals surface area contributed by atoms with Gasteiger partial charge >= 0.3 is 6.03 Å². The fraction of sp³-hybridized carbons (Fsp3) is 0.167. The Morgan fingerprint density at radius 1 is 1.12 bits per heavy atom. The van der Waals surface area contributed by atoms with E-state index < -0.39 is 17.5 Å². The Morgan fingerprint density at radius 3 is 2.36 bits per heavy atom. The van der Waals surface area contributed by atoms with E-state index in [1.807, 2.05) is 0 Å². The van der Waals surface area contributed by atoms with Crippen LogP contribution in [0.2, 0.25) is 0 Å². The molecule has 0 radical (unpaired) electrons. The zero-order valence-corrected chi connectivity index (χ0v) is 13.7. The molecule has 1 heterocycles. The van der Waals surface area contributed by atoms with Crippen LogP contribution >= 0.6 is 0 Å². The van der Waals surface area contributed by atoms with Crippen LogP contribution < -0.4 is 10.1 Å². The molecule has 0 unspecified atom stereocenters. The number of methoxy groups -OCH3 is 1. The van der Waals surface area contributed by atoms with Crippen LogP contribution in [-0.2, 0) is 10.3 Å². The Balaban J connectivity index is 1.84. The molecule has 0 saturated carbocycles. The quantitative estimate of drug-likeness (QED) is 0.686.